The molecule has 2 N–H and O–H groups in total. The number of Topliss-reactive ketones (excluding diaryl/α,β-unsaturated/α-hetero) is 1. The van der Waals surface area contributed by atoms with Gasteiger partial charge in [0.25, 0.3) is 0 Å². The van der Waals surface area contributed by atoms with Crippen LogP contribution < -0.4 is 19.7 Å². The molecule has 1 fully saturated rings. The van der Waals surface area contributed by atoms with E-state index in [2.05, 4.69) is 20.3 Å². The van der Waals surface area contributed by atoms with Crippen molar-refractivity contribution >= 4 is 34.2 Å². The van der Waals surface area contributed by atoms with Gasteiger partial charge in [0.05, 0.1) is 37.5 Å². The van der Waals surface area contributed by atoms with Crippen LogP contribution in [0.3, 0.4) is 0 Å². The van der Waals surface area contributed by atoms with Gasteiger partial charge >= 0.3 is 0 Å². The second-order valence-electron chi connectivity index (χ2n) is 7.05. The highest BCUT2D eigenvalue weighted by Gasteiger charge is 2.36. The Morgan fingerprint density at radius 2 is 1.81 bits per heavy atom. The van der Waals surface area contributed by atoms with Crippen molar-refractivity contribution < 1.29 is 19.1 Å². The molecule has 1 unspecified atom stereocenters. The maximum Gasteiger partial charge on any atom is 0.240 e. The number of benzene rings is 2. The minimum absolute atomic E-state index is 0.0208. The van der Waals surface area contributed by atoms with Crippen molar-refractivity contribution in [3.05, 3.63) is 48.3 Å². The number of para-hydroxylation sites is 2. The molecule has 1 aliphatic rings. The summed E-state index contributed by atoms with van der Waals surface area (Å²) in [5.74, 6) is 0.705. The van der Waals surface area contributed by atoms with E-state index in [0.29, 0.717) is 28.8 Å². The first-order valence-corrected chi connectivity index (χ1v) is 9.75. The fraction of sp³-hybridized carbons (Fsp3) is 0.273. The molecule has 2 heterocycles. The quantitative estimate of drug-likeness (QED) is 0.666. The van der Waals surface area contributed by atoms with E-state index in [-0.39, 0.29) is 24.8 Å². The van der Waals surface area contributed by atoms with Crippen molar-refractivity contribution in [1.82, 2.24) is 15.3 Å². The van der Waals surface area contributed by atoms with Crippen LogP contribution in [0.15, 0.2) is 47.5 Å². The van der Waals surface area contributed by atoms with E-state index < -0.39 is 5.92 Å². The number of hydrogen-bond acceptors (Lipinski definition) is 6. The Bertz CT molecular complexity index is 1110. The van der Waals surface area contributed by atoms with Gasteiger partial charge in [-0.1, -0.05) is 12.1 Å². The minimum Gasteiger partial charge on any atom is -0.497 e. The molecule has 160 valence electrons. The molecule has 9 heteroatoms. The number of carbonyl (C=O) groups excluding carboxylic acids is 2. The van der Waals surface area contributed by atoms with Gasteiger partial charge in [-0.05, 0) is 12.1 Å². The fourth-order valence-corrected chi connectivity index (χ4v) is 3.67. The molecule has 0 saturated carbocycles. The molecule has 3 aromatic rings. The maximum absolute atomic E-state index is 13.2. The van der Waals surface area contributed by atoms with Gasteiger partial charge in [-0.25, -0.2) is 4.98 Å². The zero-order valence-corrected chi connectivity index (χ0v) is 17.5. The Morgan fingerprint density at radius 3 is 2.45 bits per heavy atom. The molecule has 0 spiro atoms. The summed E-state index contributed by atoms with van der Waals surface area (Å²) >= 11 is 0. The van der Waals surface area contributed by atoms with E-state index in [4.69, 9.17) is 9.47 Å². The third-order valence-corrected chi connectivity index (χ3v) is 5.18. The Labute approximate surface area is 179 Å². The molecule has 0 radical (unpaired) electrons. The van der Waals surface area contributed by atoms with Crippen molar-refractivity contribution in [1.29, 1.82) is 0 Å². The van der Waals surface area contributed by atoms with Crippen LogP contribution in [0, 0.1) is 0 Å². The highest BCUT2D eigenvalue weighted by molar-refractivity contribution is 6.18. The number of ketones is 1. The number of nitrogens with one attached hydrogen (secondary N) is 2. The van der Waals surface area contributed by atoms with E-state index >= 15 is 0 Å². The maximum atomic E-state index is 13.2. The topological polar surface area (TPSA) is 109 Å². The van der Waals surface area contributed by atoms with Gasteiger partial charge in [0.1, 0.15) is 35.6 Å². The minimum atomic E-state index is -0.782. The molecule has 9 nitrogen and oxygen atoms in total. The van der Waals surface area contributed by atoms with Gasteiger partial charge in [-0.15, -0.1) is 0 Å². The summed E-state index contributed by atoms with van der Waals surface area (Å²) in [5.41, 5.74) is 2.19. The number of amidine groups is 1. The number of methoxy groups -OCH3 is 2. The fourth-order valence-electron chi connectivity index (χ4n) is 3.67. The predicted octanol–water partition coefficient (Wildman–Crippen LogP) is 1.90. The summed E-state index contributed by atoms with van der Waals surface area (Å²) in [7, 11) is 4.70. The second-order valence-corrected chi connectivity index (χ2v) is 7.05. The standard InChI is InChI=1S/C22H23N5O4/c1-23-22-20(21-25-16-6-4-5-7-17(16)26-21)18(28)11-24-19(29)12-27(22)13-8-14(30-2)10-15(9-13)31-3/h4-10,20H,11-12H2,1-3H3,(H,24,29)(H,25,26). The van der Waals surface area contributed by atoms with Crippen LogP contribution >= 0.6 is 0 Å². The zero-order chi connectivity index (χ0) is 22.0. The number of aromatic amines is 1. The summed E-state index contributed by atoms with van der Waals surface area (Å²) in [6.07, 6.45) is 0. The zero-order valence-electron chi connectivity index (χ0n) is 17.5. The summed E-state index contributed by atoms with van der Waals surface area (Å²) in [6, 6.07) is 12.8. The molecule has 31 heavy (non-hydrogen) atoms. The van der Waals surface area contributed by atoms with Gasteiger partial charge in [0, 0.05) is 25.2 Å². The Balaban J connectivity index is 1.85. The highest BCUT2D eigenvalue weighted by atomic mass is 16.5. The molecule has 2 aromatic carbocycles. The third kappa shape index (κ3) is 3.94. The number of hydrogen-bond donors (Lipinski definition) is 2. The number of anilines is 1. The van der Waals surface area contributed by atoms with E-state index in [1.807, 2.05) is 24.3 Å². The predicted molar refractivity (Wildman–Crippen MR) is 117 cm³/mol. The lowest BCUT2D eigenvalue weighted by Crippen LogP contribution is -2.50. The first kappa shape index (κ1) is 20.4. The smallest absolute Gasteiger partial charge is 0.240 e. The molecule has 4 rings (SSSR count). The van der Waals surface area contributed by atoms with Crippen LogP contribution in [0.2, 0.25) is 0 Å². The first-order chi connectivity index (χ1) is 15.0. The molecule has 1 aromatic heterocycles. The van der Waals surface area contributed by atoms with Gasteiger partial charge in [-0.3, -0.25) is 14.6 Å². The summed E-state index contributed by atoms with van der Waals surface area (Å²) in [4.78, 5) is 39.6. The summed E-state index contributed by atoms with van der Waals surface area (Å²) < 4.78 is 10.8. The van der Waals surface area contributed by atoms with Crippen molar-refractivity contribution in [3.8, 4) is 11.5 Å². The Morgan fingerprint density at radius 1 is 1.10 bits per heavy atom. The second kappa shape index (κ2) is 8.47. The molecule has 1 atom stereocenters. The molecule has 0 bridgehead atoms. The Hall–Kier alpha value is -3.88. The highest BCUT2D eigenvalue weighted by Crippen LogP contribution is 2.32. The molecule has 1 amide bonds. The largest absolute Gasteiger partial charge is 0.497 e. The monoisotopic (exact) mass is 421 g/mol. The lowest BCUT2D eigenvalue weighted by Gasteiger charge is -2.31. The lowest BCUT2D eigenvalue weighted by molar-refractivity contribution is -0.124. The Kier molecular flexibility index (Phi) is 5.57. The SMILES string of the molecule is CN=C1C(c2nc3ccccc3[nH]2)C(=O)CNC(=O)CN1c1cc(OC)cc(OC)c1. The van der Waals surface area contributed by atoms with Crippen molar-refractivity contribution in [2.24, 2.45) is 4.99 Å². The number of amides is 1. The van der Waals surface area contributed by atoms with Gasteiger partial charge in [0.15, 0.2) is 5.78 Å². The number of aliphatic imine (C=N–C) groups is 1. The van der Waals surface area contributed by atoms with Crippen LogP contribution in [0.1, 0.15) is 11.7 Å². The molecule has 1 aliphatic heterocycles. The summed E-state index contributed by atoms with van der Waals surface area (Å²) in [6.45, 7) is -0.123. The van der Waals surface area contributed by atoms with Crippen LogP contribution in [0.5, 0.6) is 11.5 Å². The average molecular weight is 421 g/mol. The van der Waals surface area contributed by atoms with Crippen molar-refractivity contribution in [3.63, 3.8) is 0 Å². The first-order valence-electron chi connectivity index (χ1n) is 9.75. The normalized spacial score (nSPS) is 18.6. The van der Waals surface area contributed by atoms with Gasteiger partial charge in [0.2, 0.25) is 5.91 Å². The van der Waals surface area contributed by atoms with E-state index in [9.17, 15) is 9.59 Å². The number of aromatic nitrogens is 2. The number of ether oxygens (including phenoxy) is 2. The third-order valence-electron chi connectivity index (χ3n) is 5.18. The van der Waals surface area contributed by atoms with Crippen LogP contribution in [-0.2, 0) is 9.59 Å². The van der Waals surface area contributed by atoms with Gasteiger partial charge < -0.3 is 24.7 Å². The number of nitrogens with zero attached hydrogens (tertiary/aromatic N) is 3. The number of imidazole rings is 1. The number of carbonyl (C=O) groups is 2. The summed E-state index contributed by atoms with van der Waals surface area (Å²) in [5, 5.41) is 2.68. The van der Waals surface area contributed by atoms with Gasteiger partial charge in [-0.2, -0.15) is 0 Å². The van der Waals surface area contributed by atoms with Crippen molar-refractivity contribution in [2.75, 3.05) is 39.3 Å². The number of fused-ring (bicyclic) bond motifs is 1. The molecule has 1 saturated heterocycles. The van der Waals surface area contributed by atoms with Crippen LogP contribution in [0.4, 0.5) is 5.69 Å². The van der Waals surface area contributed by atoms with E-state index in [1.165, 1.54) is 0 Å². The molecular formula is C22H23N5O4. The molecular weight excluding hydrogens is 398 g/mol. The van der Waals surface area contributed by atoms with Crippen molar-refractivity contribution in [2.45, 2.75) is 5.92 Å². The van der Waals surface area contributed by atoms with Crippen LogP contribution in [0.25, 0.3) is 11.0 Å². The number of H-pyrrole nitrogens is 1. The lowest BCUT2D eigenvalue weighted by atomic mass is 9.98. The number of rotatable bonds is 4. The van der Waals surface area contributed by atoms with E-state index in [0.717, 1.165) is 11.0 Å². The average Bonchev–Trinajstić information content (AvgIpc) is 3.21. The molecule has 0 aliphatic carbocycles. The van der Waals surface area contributed by atoms with Crippen LogP contribution in [-0.4, -0.2) is 61.9 Å². The van der Waals surface area contributed by atoms with E-state index in [1.54, 1.807) is 44.4 Å².